The Balaban J connectivity index is 1.22. The highest BCUT2D eigenvalue weighted by Gasteiger charge is 2.21. The van der Waals surface area contributed by atoms with E-state index in [1.54, 1.807) is 11.3 Å². The number of nitrogens with zero attached hydrogens (tertiary/aromatic N) is 7. The molecule has 0 amide bonds. The first kappa shape index (κ1) is 19.5. The van der Waals surface area contributed by atoms with Crippen LogP contribution in [0.1, 0.15) is 5.69 Å². The fraction of sp³-hybridized carbons (Fsp3) is 0.455. The number of aromatic nitrogens is 3. The van der Waals surface area contributed by atoms with Crippen LogP contribution in [-0.4, -0.2) is 84.0 Å². The summed E-state index contributed by atoms with van der Waals surface area (Å²) in [4.78, 5) is 9.73. The molecule has 7 nitrogen and oxygen atoms in total. The zero-order valence-corrected chi connectivity index (χ0v) is 18.3. The lowest BCUT2D eigenvalue weighted by atomic mass is 10.2. The van der Waals surface area contributed by atoms with Gasteiger partial charge in [-0.15, -0.1) is 10.2 Å². The summed E-state index contributed by atoms with van der Waals surface area (Å²) in [6, 6.07) is 15.0. The first-order valence-corrected chi connectivity index (χ1v) is 11.5. The molecule has 0 aliphatic carbocycles. The SMILES string of the molecule is CN1CCN(c2nnc(-n3cccc3CN3CCN(c4ccccc4)CC3)s2)CC1. The van der Waals surface area contributed by atoms with Crippen molar-refractivity contribution in [3.05, 3.63) is 54.4 Å². The zero-order valence-electron chi connectivity index (χ0n) is 17.5. The number of piperazine rings is 2. The topological polar surface area (TPSA) is 43.7 Å². The van der Waals surface area contributed by atoms with E-state index in [9.17, 15) is 0 Å². The van der Waals surface area contributed by atoms with Gasteiger partial charge in [-0.05, 0) is 31.3 Å². The molecule has 2 fully saturated rings. The van der Waals surface area contributed by atoms with Gasteiger partial charge in [-0.2, -0.15) is 0 Å². The van der Waals surface area contributed by atoms with Crippen LogP contribution in [0.2, 0.25) is 0 Å². The molecule has 0 atom stereocenters. The Morgan fingerprint density at radius 2 is 1.47 bits per heavy atom. The van der Waals surface area contributed by atoms with Gasteiger partial charge in [-0.3, -0.25) is 9.47 Å². The molecule has 158 valence electrons. The monoisotopic (exact) mass is 423 g/mol. The van der Waals surface area contributed by atoms with Gasteiger partial charge >= 0.3 is 0 Å². The molecule has 30 heavy (non-hydrogen) atoms. The lowest BCUT2D eigenvalue weighted by Crippen LogP contribution is -2.46. The summed E-state index contributed by atoms with van der Waals surface area (Å²) < 4.78 is 2.21. The minimum absolute atomic E-state index is 0.944. The summed E-state index contributed by atoms with van der Waals surface area (Å²) in [5.74, 6) is 0. The van der Waals surface area contributed by atoms with E-state index in [1.165, 1.54) is 11.4 Å². The second kappa shape index (κ2) is 8.75. The third-order valence-corrected chi connectivity index (χ3v) is 7.08. The van der Waals surface area contributed by atoms with Crippen molar-refractivity contribution in [3.8, 4) is 5.13 Å². The molecule has 2 aromatic heterocycles. The zero-order chi connectivity index (χ0) is 20.3. The van der Waals surface area contributed by atoms with Crippen LogP contribution < -0.4 is 9.80 Å². The second-order valence-electron chi connectivity index (χ2n) is 8.13. The molecule has 2 saturated heterocycles. The molecule has 8 heteroatoms. The molecule has 3 aromatic rings. The van der Waals surface area contributed by atoms with E-state index in [2.05, 4.69) is 90.1 Å². The number of benzene rings is 1. The van der Waals surface area contributed by atoms with Crippen molar-refractivity contribution in [2.45, 2.75) is 6.54 Å². The fourth-order valence-electron chi connectivity index (χ4n) is 4.19. The van der Waals surface area contributed by atoms with Crippen molar-refractivity contribution in [1.82, 2.24) is 24.6 Å². The predicted octanol–water partition coefficient (Wildman–Crippen LogP) is 2.40. The minimum atomic E-state index is 0.944. The molecule has 0 saturated carbocycles. The van der Waals surface area contributed by atoms with E-state index in [0.29, 0.717) is 0 Å². The highest BCUT2D eigenvalue weighted by molar-refractivity contribution is 7.17. The largest absolute Gasteiger partial charge is 0.369 e. The molecular formula is C22H29N7S. The van der Waals surface area contributed by atoms with Crippen molar-refractivity contribution < 1.29 is 0 Å². The van der Waals surface area contributed by atoms with Gasteiger partial charge in [0.25, 0.3) is 0 Å². The van der Waals surface area contributed by atoms with E-state index < -0.39 is 0 Å². The highest BCUT2D eigenvalue weighted by atomic mass is 32.1. The first-order chi connectivity index (χ1) is 14.8. The van der Waals surface area contributed by atoms with Crippen LogP contribution in [0, 0.1) is 0 Å². The molecule has 0 unspecified atom stereocenters. The summed E-state index contributed by atoms with van der Waals surface area (Å²) >= 11 is 1.69. The Morgan fingerprint density at radius 3 is 2.23 bits per heavy atom. The molecular weight excluding hydrogens is 394 g/mol. The number of para-hydroxylation sites is 1. The summed E-state index contributed by atoms with van der Waals surface area (Å²) in [5, 5.41) is 11.0. The second-order valence-corrected chi connectivity index (χ2v) is 9.06. The maximum Gasteiger partial charge on any atom is 0.218 e. The molecule has 0 N–H and O–H groups in total. The standard InChI is InChI=1S/C22H29N7S/c1-25-10-14-28(15-11-25)21-23-24-22(30-21)29-9-5-8-20(29)18-26-12-16-27(17-13-26)19-6-3-2-4-7-19/h2-9H,10-18H2,1H3. The number of rotatable bonds is 5. The van der Waals surface area contributed by atoms with E-state index in [0.717, 1.165) is 69.2 Å². The summed E-state index contributed by atoms with van der Waals surface area (Å²) in [7, 11) is 2.18. The van der Waals surface area contributed by atoms with Gasteiger partial charge in [0.15, 0.2) is 0 Å². The van der Waals surface area contributed by atoms with Crippen LogP contribution in [0.4, 0.5) is 10.8 Å². The Labute approximate surface area is 182 Å². The predicted molar refractivity (Wildman–Crippen MR) is 123 cm³/mol. The van der Waals surface area contributed by atoms with Crippen LogP contribution in [0.25, 0.3) is 5.13 Å². The van der Waals surface area contributed by atoms with Gasteiger partial charge in [0.1, 0.15) is 0 Å². The number of likely N-dealkylation sites (N-methyl/N-ethyl adjacent to an activating group) is 1. The van der Waals surface area contributed by atoms with Crippen LogP contribution in [0.15, 0.2) is 48.7 Å². The number of hydrogen-bond donors (Lipinski definition) is 0. The normalized spacial score (nSPS) is 18.8. The first-order valence-electron chi connectivity index (χ1n) is 10.7. The lowest BCUT2D eigenvalue weighted by molar-refractivity contribution is 0.246. The fourth-order valence-corrected chi connectivity index (χ4v) is 5.11. The van der Waals surface area contributed by atoms with Crippen LogP contribution in [-0.2, 0) is 6.54 Å². The third-order valence-electron chi connectivity index (χ3n) is 6.10. The summed E-state index contributed by atoms with van der Waals surface area (Å²) in [6.07, 6.45) is 2.11. The van der Waals surface area contributed by atoms with Crippen molar-refractivity contribution >= 4 is 22.2 Å². The molecule has 5 rings (SSSR count). The van der Waals surface area contributed by atoms with Gasteiger partial charge in [-0.1, -0.05) is 29.5 Å². The quantitative estimate of drug-likeness (QED) is 0.628. The molecule has 2 aliphatic rings. The van der Waals surface area contributed by atoms with Gasteiger partial charge in [0, 0.05) is 76.5 Å². The van der Waals surface area contributed by atoms with Gasteiger partial charge in [0.2, 0.25) is 10.3 Å². The average Bonchev–Trinajstić information content (AvgIpc) is 3.45. The lowest BCUT2D eigenvalue weighted by Gasteiger charge is -2.36. The maximum atomic E-state index is 4.51. The van der Waals surface area contributed by atoms with Crippen LogP contribution in [0.3, 0.4) is 0 Å². The Hall–Kier alpha value is -2.42. The smallest absolute Gasteiger partial charge is 0.218 e. The van der Waals surface area contributed by atoms with E-state index in [-0.39, 0.29) is 0 Å². The van der Waals surface area contributed by atoms with Crippen molar-refractivity contribution in [2.24, 2.45) is 0 Å². The summed E-state index contributed by atoms with van der Waals surface area (Å²) in [5.41, 5.74) is 2.61. The summed E-state index contributed by atoms with van der Waals surface area (Å²) in [6.45, 7) is 9.43. The van der Waals surface area contributed by atoms with Crippen molar-refractivity contribution in [3.63, 3.8) is 0 Å². The van der Waals surface area contributed by atoms with Crippen molar-refractivity contribution in [2.75, 3.05) is 69.2 Å². The molecule has 4 heterocycles. The molecule has 0 radical (unpaired) electrons. The van der Waals surface area contributed by atoms with Crippen LogP contribution in [0.5, 0.6) is 0 Å². The third kappa shape index (κ3) is 4.21. The van der Waals surface area contributed by atoms with Crippen LogP contribution >= 0.6 is 11.3 Å². The number of hydrogen-bond acceptors (Lipinski definition) is 7. The molecule has 0 bridgehead atoms. The van der Waals surface area contributed by atoms with Gasteiger partial charge in [-0.25, -0.2) is 0 Å². The molecule has 1 aromatic carbocycles. The Morgan fingerprint density at radius 1 is 0.767 bits per heavy atom. The van der Waals surface area contributed by atoms with Crippen molar-refractivity contribution in [1.29, 1.82) is 0 Å². The maximum absolute atomic E-state index is 4.51. The minimum Gasteiger partial charge on any atom is -0.369 e. The highest BCUT2D eigenvalue weighted by Crippen LogP contribution is 2.26. The Kier molecular flexibility index (Phi) is 5.70. The van der Waals surface area contributed by atoms with Gasteiger partial charge < -0.3 is 14.7 Å². The molecule has 2 aliphatic heterocycles. The van der Waals surface area contributed by atoms with E-state index in [4.69, 9.17) is 0 Å². The number of anilines is 2. The van der Waals surface area contributed by atoms with E-state index >= 15 is 0 Å². The molecule has 0 spiro atoms. The van der Waals surface area contributed by atoms with E-state index in [1.807, 2.05) is 0 Å². The van der Waals surface area contributed by atoms with Gasteiger partial charge in [0.05, 0.1) is 0 Å². The Bertz CT molecular complexity index is 937. The average molecular weight is 424 g/mol.